The van der Waals surface area contributed by atoms with Crippen LogP contribution in [-0.2, 0) is 9.53 Å². The van der Waals surface area contributed by atoms with E-state index in [-0.39, 0.29) is 17.3 Å². The van der Waals surface area contributed by atoms with Gasteiger partial charge in [-0.25, -0.2) is 0 Å². The summed E-state index contributed by atoms with van der Waals surface area (Å²) in [4.78, 5) is 12.1. The van der Waals surface area contributed by atoms with Crippen molar-refractivity contribution in [2.45, 2.75) is 46.5 Å². The van der Waals surface area contributed by atoms with Crippen LogP contribution in [0.4, 0.5) is 0 Å². The molecule has 0 saturated heterocycles. The Morgan fingerprint density at radius 2 is 2.00 bits per heavy atom. The van der Waals surface area contributed by atoms with E-state index in [4.69, 9.17) is 4.74 Å². The quantitative estimate of drug-likeness (QED) is 0.539. The minimum Gasteiger partial charge on any atom is -0.465 e. The third-order valence-electron chi connectivity index (χ3n) is 4.85. The van der Waals surface area contributed by atoms with Crippen molar-refractivity contribution in [2.24, 2.45) is 23.2 Å². The molecule has 0 aromatic heterocycles. The van der Waals surface area contributed by atoms with E-state index in [2.05, 4.69) is 32.9 Å². The zero-order valence-electron chi connectivity index (χ0n) is 11.2. The summed E-state index contributed by atoms with van der Waals surface area (Å²) in [6, 6.07) is 0. The van der Waals surface area contributed by atoms with Gasteiger partial charge in [0.05, 0.1) is 12.5 Å². The fourth-order valence-electron chi connectivity index (χ4n) is 2.86. The lowest BCUT2D eigenvalue weighted by Gasteiger charge is -2.27. The second-order valence-corrected chi connectivity index (χ2v) is 6.01. The number of carbonyl (C=O) groups is 1. The van der Waals surface area contributed by atoms with Crippen LogP contribution in [0.25, 0.3) is 0 Å². The number of ether oxygens (including phenoxy) is 1. The maximum absolute atomic E-state index is 12.1. The number of esters is 1. The molecule has 2 aliphatic rings. The molecule has 2 nitrogen and oxygen atoms in total. The van der Waals surface area contributed by atoms with E-state index in [9.17, 15) is 4.79 Å². The Kier molecular flexibility index (Phi) is 3.60. The van der Waals surface area contributed by atoms with Crippen molar-refractivity contribution in [1.82, 2.24) is 0 Å². The van der Waals surface area contributed by atoms with Gasteiger partial charge >= 0.3 is 5.97 Å². The van der Waals surface area contributed by atoms with Gasteiger partial charge in [0.15, 0.2) is 0 Å². The molecule has 17 heavy (non-hydrogen) atoms. The monoisotopic (exact) mass is 236 g/mol. The summed E-state index contributed by atoms with van der Waals surface area (Å²) in [5.41, 5.74) is 0.156. The summed E-state index contributed by atoms with van der Waals surface area (Å²) in [6.45, 7) is 7.10. The van der Waals surface area contributed by atoms with E-state index in [1.165, 1.54) is 6.42 Å². The number of carbonyl (C=O) groups excluding carboxylic acids is 1. The van der Waals surface area contributed by atoms with Gasteiger partial charge in [-0.3, -0.25) is 4.79 Å². The van der Waals surface area contributed by atoms with Gasteiger partial charge in [0, 0.05) is 5.41 Å². The molecule has 0 aliphatic heterocycles. The molecular weight excluding hydrogens is 212 g/mol. The van der Waals surface area contributed by atoms with Gasteiger partial charge < -0.3 is 4.74 Å². The van der Waals surface area contributed by atoms with Crippen molar-refractivity contribution in [1.29, 1.82) is 0 Å². The van der Waals surface area contributed by atoms with Crippen LogP contribution in [0.1, 0.15) is 46.5 Å². The summed E-state index contributed by atoms with van der Waals surface area (Å²) < 4.78 is 5.55. The zero-order valence-corrected chi connectivity index (χ0v) is 11.2. The summed E-state index contributed by atoms with van der Waals surface area (Å²) in [7, 11) is 0. The number of hydrogen-bond acceptors (Lipinski definition) is 2. The van der Waals surface area contributed by atoms with Crippen molar-refractivity contribution < 1.29 is 9.53 Å². The Hall–Kier alpha value is -0.790. The molecule has 0 radical (unpaired) electrons. The van der Waals surface area contributed by atoms with Gasteiger partial charge in [0.25, 0.3) is 0 Å². The second kappa shape index (κ2) is 4.83. The van der Waals surface area contributed by atoms with Crippen molar-refractivity contribution >= 4 is 5.97 Å². The summed E-state index contributed by atoms with van der Waals surface area (Å²) in [5, 5.41) is 0. The van der Waals surface area contributed by atoms with Crippen LogP contribution in [0.15, 0.2) is 12.2 Å². The number of fused-ring (bicyclic) bond motifs is 2. The highest BCUT2D eigenvalue weighted by molar-refractivity contribution is 5.74. The number of hydrogen-bond donors (Lipinski definition) is 0. The van der Waals surface area contributed by atoms with E-state index < -0.39 is 0 Å². The highest BCUT2D eigenvalue weighted by atomic mass is 16.5. The second-order valence-electron chi connectivity index (χ2n) is 6.01. The average Bonchev–Trinajstić information content (AvgIpc) is 2.97. The van der Waals surface area contributed by atoms with Crippen LogP contribution in [0, 0.1) is 23.2 Å². The van der Waals surface area contributed by atoms with Gasteiger partial charge in [-0.15, -0.1) is 0 Å². The Bertz CT molecular complexity index is 315. The minimum absolute atomic E-state index is 0.0370. The van der Waals surface area contributed by atoms with Crippen LogP contribution >= 0.6 is 0 Å². The highest BCUT2D eigenvalue weighted by Crippen LogP contribution is 2.44. The largest absolute Gasteiger partial charge is 0.465 e. The Balaban J connectivity index is 1.84. The van der Waals surface area contributed by atoms with E-state index in [0.717, 1.165) is 19.3 Å². The van der Waals surface area contributed by atoms with E-state index >= 15 is 0 Å². The fourth-order valence-corrected chi connectivity index (χ4v) is 2.86. The minimum atomic E-state index is 0.0370. The Morgan fingerprint density at radius 3 is 2.47 bits per heavy atom. The highest BCUT2D eigenvalue weighted by Gasteiger charge is 2.41. The van der Waals surface area contributed by atoms with Crippen LogP contribution < -0.4 is 0 Å². The molecule has 0 aromatic rings. The van der Waals surface area contributed by atoms with Gasteiger partial charge in [-0.05, 0) is 37.5 Å². The van der Waals surface area contributed by atoms with Crippen molar-refractivity contribution in [3.63, 3.8) is 0 Å². The van der Waals surface area contributed by atoms with Crippen molar-refractivity contribution in [2.75, 3.05) is 6.61 Å². The van der Waals surface area contributed by atoms with Gasteiger partial charge in [0.2, 0.25) is 0 Å². The maximum atomic E-state index is 12.1. The third-order valence-corrected chi connectivity index (χ3v) is 4.85. The first-order valence-corrected chi connectivity index (χ1v) is 6.93. The molecule has 1 saturated carbocycles. The number of rotatable bonds is 5. The molecule has 2 bridgehead atoms. The molecule has 2 rings (SSSR count). The lowest BCUT2D eigenvalue weighted by Crippen LogP contribution is -2.28. The average molecular weight is 236 g/mol. The van der Waals surface area contributed by atoms with Crippen LogP contribution in [0.3, 0.4) is 0 Å². The normalized spacial score (nSPS) is 30.9. The molecule has 0 amide bonds. The van der Waals surface area contributed by atoms with Crippen LogP contribution in [0.5, 0.6) is 0 Å². The molecule has 0 heterocycles. The third kappa shape index (κ3) is 2.56. The smallest absolute Gasteiger partial charge is 0.309 e. The van der Waals surface area contributed by atoms with Crippen molar-refractivity contribution in [3.8, 4) is 0 Å². The molecule has 0 N–H and O–H groups in total. The molecule has 3 atom stereocenters. The molecule has 2 heteroatoms. The van der Waals surface area contributed by atoms with Gasteiger partial charge in [-0.2, -0.15) is 0 Å². The fraction of sp³-hybridized carbons (Fsp3) is 0.800. The topological polar surface area (TPSA) is 26.3 Å². The standard InChI is InChI=1S/C15H24O2/c1-4-15(3,5-2)10-17-14(16)13-9-11-6-7-12(13)8-11/h6-7,11-13H,4-5,8-10H2,1-3H3. The van der Waals surface area contributed by atoms with E-state index in [1.54, 1.807) is 0 Å². The predicted octanol–water partition coefficient (Wildman–Crippen LogP) is 3.57. The molecule has 96 valence electrons. The Morgan fingerprint density at radius 1 is 1.29 bits per heavy atom. The molecule has 2 aliphatic carbocycles. The van der Waals surface area contributed by atoms with E-state index in [0.29, 0.717) is 18.4 Å². The first kappa shape index (κ1) is 12.7. The Labute approximate surface area is 104 Å². The first-order valence-electron chi connectivity index (χ1n) is 6.93. The maximum Gasteiger partial charge on any atom is 0.309 e. The molecular formula is C15H24O2. The van der Waals surface area contributed by atoms with Crippen LogP contribution in [0.2, 0.25) is 0 Å². The van der Waals surface area contributed by atoms with Crippen molar-refractivity contribution in [3.05, 3.63) is 12.2 Å². The lowest BCUT2D eigenvalue weighted by atomic mass is 9.86. The van der Waals surface area contributed by atoms with E-state index in [1.807, 2.05) is 0 Å². The summed E-state index contributed by atoms with van der Waals surface area (Å²) in [6.07, 6.45) is 8.77. The molecule has 1 fully saturated rings. The molecule has 0 spiro atoms. The molecule has 0 aromatic carbocycles. The van der Waals surface area contributed by atoms with Gasteiger partial charge in [0.1, 0.15) is 0 Å². The SMILES string of the molecule is CCC(C)(CC)COC(=O)C1CC2C=CC1C2. The van der Waals surface area contributed by atoms with Crippen LogP contribution in [-0.4, -0.2) is 12.6 Å². The summed E-state index contributed by atoms with van der Waals surface area (Å²) in [5.74, 6) is 1.28. The number of allylic oxidation sites excluding steroid dienone is 2. The first-order chi connectivity index (χ1) is 8.08. The summed E-state index contributed by atoms with van der Waals surface area (Å²) >= 11 is 0. The molecule has 3 unspecified atom stereocenters. The van der Waals surface area contributed by atoms with Gasteiger partial charge in [-0.1, -0.05) is 32.9 Å². The predicted molar refractivity (Wildman–Crippen MR) is 68.5 cm³/mol. The lowest BCUT2D eigenvalue weighted by molar-refractivity contribution is -0.153. The zero-order chi connectivity index (χ0) is 12.5.